The van der Waals surface area contributed by atoms with Gasteiger partial charge in [-0.3, -0.25) is 0 Å². The van der Waals surface area contributed by atoms with E-state index in [4.69, 9.17) is 11.6 Å². The number of rotatable bonds is 8. The van der Waals surface area contributed by atoms with Crippen molar-refractivity contribution in [2.24, 2.45) is 0 Å². The van der Waals surface area contributed by atoms with Gasteiger partial charge in [-0.15, -0.1) is 0 Å². The van der Waals surface area contributed by atoms with Gasteiger partial charge >= 0.3 is 236 Å². The number of hydrogen-bond acceptors (Lipinski definition) is 5. The van der Waals surface area contributed by atoms with Crippen LogP contribution >= 0.6 is 11.6 Å². The van der Waals surface area contributed by atoms with Gasteiger partial charge in [-0.1, -0.05) is 0 Å². The Balaban J connectivity index is 1.56. The number of nitrogens with one attached hydrogen (secondary N) is 1. The molecule has 0 aromatic heterocycles. The van der Waals surface area contributed by atoms with Crippen molar-refractivity contribution in [2.45, 2.75) is 22.8 Å². The summed E-state index contributed by atoms with van der Waals surface area (Å²) in [6.07, 6.45) is -4.69. The second kappa shape index (κ2) is 12.3. The zero-order valence-electron chi connectivity index (χ0n) is 21.2. The van der Waals surface area contributed by atoms with Crippen molar-refractivity contribution >= 4 is 49.1 Å². The van der Waals surface area contributed by atoms with Gasteiger partial charge in [0.2, 0.25) is 0 Å². The maximum absolute atomic E-state index is 13.6. The fraction of sp³-hybridized carbons (Fsp3) is 0.296. The van der Waals surface area contributed by atoms with Crippen molar-refractivity contribution in [3.8, 4) is 0 Å². The summed E-state index contributed by atoms with van der Waals surface area (Å²) in [5.41, 5.74) is 0.859. The molecule has 3 aromatic carbocycles. The molecule has 12 heteroatoms. The number of hydrogen-bond donors (Lipinski definition) is 1. The second-order valence-electron chi connectivity index (χ2n) is 9.23. The molecular formula is C27H28AsClF3N3O3S. The van der Waals surface area contributed by atoms with Crippen molar-refractivity contribution in [1.82, 2.24) is 10.2 Å². The first-order chi connectivity index (χ1) is 18.4. The van der Waals surface area contributed by atoms with Crippen LogP contribution in [0, 0.1) is 0 Å². The van der Waals surface area contributed by atoms with Crippen molar-refractivity contribution < 1.29 is 26.4 Å². The SMILES string of the molecule is CN1CCN(c2cccc(CNC(=O)C[As](c3cc(C(F)(F)F)ccc3Cl)S(=O)(=O)c3ccccc3)c2)CC1. The first kappa shape index (κ1) is 29.5. The fourth-order valence-electron chi connectivity index (χ4n) is 4.21. The number of alkyl halides is 3. The molecule has 0 saturated carbocycles. The van der Waals surface area contributed by atoms with Gasteiger partial charge in [0.15, 0.2) is 0 Å². The minimum absolute atomic E-state index is 0.0499. The van der Waals surface area contributed by atoms with Crippen LogP contribution in [-0.2, 0) is 25.6 Å². The van der Waals surface area contributed by atoms with Gasteiger partial charge in [-0.2, -0.15) is 0 Å². The number of carbonyl (C=O) groups is 1. The molecule has 1 unspecified atom stereocenters. The number of piperazine rings is 1. The van der Waals surface area contributed by atoms with Crippen LogP contribution in [-0.4, -0.2) is 65.9 Å². The third kappa shape index (κ3) is 7.37. The number of amides is 1. The van der Waals surface area contributed by atoms with Crippen LogP contribution < -0.4 is 14.6 Å². The van der Waals surface area contributed by atoms with Crippen LogP contribution in [0.1, 0.15) is 11.1 Å². The van der Waals surface area contributed by atoms with Crippen LogP contribution in [0.15, 0.2) is 77.7 Å². The fourth-order valence-corrected chi connectivity index (χ4v) is 15.2. The van der Waals surface area contributed by atoms with E-state index in [1.807, 2.05) is 24.3 Å². The Kier molecular flexibility index (Phi) is 9.32. The molecule has 208 valence electrons. The Morgan fingerprint density at radius 3 is 2.33 bits per heavy atom. The molecule has 6 nitrogen and oxygen atoms in total. The standard InChI is InChI=1S/C27H28AsClF3N3O3S/c1-34-12-14-35(15-13-34)22-7-5-6-20(16-22)19-33-26(36)18-28(39(37,38)23-8-3-2-4-9-23)24-17-21(27(30,31)32)10-11-25(24)29/h2-11,16-17H,12-15,18-19H2,1H3,(H,33,36). The van der Waals surface area contributed by atoms with Gasteiger partial charge in [-0.25, -0.2) is 0 Å². The molecule has 1 amide bonds. The van der Waals surface area contributed by atoms with Gasteiger partial charge < -0.3 is 0 Å². The second-order valence-corrected chi connectivity index (χ2v) is 19.6. The molecular weight excluding hydrogens is 614 g/mol. The molecule has 3 aromatic rings. The van der Waals surface area contributed by atoms with E-state index in [1.165, 1.54) is 24.3 Å². The first-order valence-electron chi connectivity index (χ1n) is 12.2. The molecule has 4 rings (SSSR count). The Morgan fingerprint density at radius 2 is 1.67 bits per heavy atom. The predicted octanol–water partition coefficient (Wildman–Crippen LogP) is 4.10. The van der Waals surface area contributed by atoms with E-state index in [9.17, 15) is 26.4 Å². The number of carbonyl (C=O) groups excluding carboxylic acids is 1. The van der Waals surface area contributed by atoms with Crippen molar-refractivity contribution in [1.29, 1.82) is 0 Å². The van der Waals surface area contributed by atoms with Crippen molar-refractivity contribution in [3.63, 3.8) is 0 Å². The van der Waals surface area contributed by atoms with Crippen LogP contribution in [0.5, 0.6) is 0 Å². The van der Waals surface area contributed by atoms with E-state index >= 15 is 0 Å². The van der Waals surface area contributed by atoms with E-state index in [2.05, 4.69) is 22.2 Å². The molecule has 0 radical (unpaired) electrons. The zero-order valence-corrected chi connectivity index (χ0v) is 24.6. The Labute approximate surface area is 234 Å². The van der Waals surface area contributed by atoms with Crippen molar-refractivity contribution in [3.05, 3.63) is 88.9 Å². The molecule has 1 atom stereocenters. The van der Waals surface area contributed by atoms with Gasteiger partial charge in [0.05, 0.1) is 0 Å². The summed E-state index contributed by atoms with van der Waals surface area (Å²) < 4.78 is 67.6. The van der Waals surface area contributed by atoms with Crippen LogP contribution in [0.4, 0.5) is 18.9 Å². The average Bonchev–Trinajstić information content (AvgIpc) is 2.91. The summed E-state index contributed by atoms with van der Waals surface area (Å²) in [6, 6.07) is 17.8. The van der Waals surface area contributed by atoms with E-state index in [0.717, 1.165) is 55.6 Å². The van der Waals surface area contributed by atoms with Crippen LogP contribution in [0.3, 0.4) is 0 Å². The quantitative estimate of drug-likeness (QED) is 0.376. The number of benzene rings is 3. The molecule has 1 saturated heterocycles. The molecule has 0 bridgehead atoms. The van der Waals surface area contributed by atoms with E-state index in [1.54, 1.807) is 6.07 Å². The Morgan fingerprint density at radius 1 is 0.974 bits per heavy atom. The molecule has 1 aliphatic heterocycles. The van der Waals surface area contributed by atoms with Crippen molar-refractivity contribution in [2.75, 3.05) is 38.1 Å². The van der Waals surface area contributed by atoms with Crippen LogP contribution in [0.2, 0.25) is 10.2 Å². The molecule has 1 heterocycles. The molecule has 1 fully saturated rings. The first-order valence-corrected chi connectivity index (χ1v) is 18.6. The van der Waals surface area contributed by atoms with E-state index in [0.29, 0.717) is 0 Å². The minimum atomic E-state index is -4.69. The average molecular weight is 642 g/mol. The number of nitrogens with zero attached hydrogens (tertiary/aromatic N) is 2. The van der Waals surface area contributed by atoms with E-state index < -0.39 is 44.5 Å². The van der Waals surface area contributed by atoms with E-state index in [-0.39, 0.29) is 20.8 Å². The van der Waals surface area contributed by atoms with Gasteiger partial charge in [-0.05, 0) is 0 Å². The molecule has 1 N–H and O–H groups in total. The topological polar surface area (TPSA) is 69.7 Å². The molecule has 39 heavy (non-hydrogen) atoms. The monoisotopic (exact) mass is 641 g/mol. The number of halogens is 4. The summed E-state index contributed by atoms with van der Waals surface area (Å²) in [5.74, 6) is -0.562. The number of likely N-dealkylation sites (N-methyl/N-ethyl adjacent to an activating group) is 1. The molecule has 0 spiro atoms. The summed E-state index contributed by atoms with van der Waals surface area (Å²) >= 11 is 2.69. The summed E-state index contributed by atoms with van der Waals surface area (Å²) in [6.45, 7) is 3.82. The van der Waals surface area contributed by atoms with Crippen LogP contribution in [0.25, 0.3) is 0 Å². The van der Waals surface area contributed by atoms with Gasteiger partial charge in [0.25, 0.3) is 0 Å². The summed E-state index contributed by atoms with van der Waals surface area (Å²) in [5, 5.41) is 2.21. The van der Waals surface area contributed by atoms with Gasteiger partial charge in [0, 0.05) is 0 Å². The Hall–Kier alpha value is -2.52. The van der Waals surface area contributed by atoms with Gasteiger partial charge in [0.1, 0.15) is 0 Å². The summed E-state index contributed by atoms with van der Waals surface area (Å²) in [4.78, 5) is 17.5. The zero-order chi connectivity index (χ0) is 28.2. The third-order valence-electron chi connectivity index (χ3n) is 6.43. The molecule has 0 aliphatic carbocycles. The Bertz CT molecular complexity index is 1420. The third-order valence-corrected chi connectivity index (χ3v) is 18.3. The summed E-state index contributed by atoms with van der Waals surface area (Å²) in [7, 11) is -2.05. The predicted molar refractivity (Wildman–Crippen MR) is 148 cm³/mol. The maximum atomic E-state index is 13.6. The normalized spacial score (nSPS) is 15.7. The molecule has 1 aliphatic rings. The number of anilines is 1.